The number of aryl methyl sites for hydroxylation is 1. The second-order valence-electron chi connectivity index (χ2n) is 7.24. The van der Waals surface area contributed by atoms with E-state index in [1.165, 1.54) is 0 Å². The van der Waals surface area contributed by atoms with Gasteiger partial charge >= 0.3 is 0 Å². The first-order valence-electron chi connectivity index (χ1n) is 8.14. The largest absolute Gasteiger partial charge is 0.497 e. The normalized spacial score (nSPS) is 12.5. The van der Waals surface area contributed by atoms with Crippen molar-refractivity contribution in [1.29, 1.82) is 0 Å². The Morgan fingerprint density at radius 3 is 2.16 bits per heavy atom. The summed E-state index contributed by atoms with van der Waals surface area (Å²) in [5.74, 6) is 0.705. The number of fused-ring (bicyclic) bond motifs is 1. The summed E-state index contributed by atoms with van der Waals surface area (Å²) in [7, 11) is -0.226. The second-order valence-corrected chi connectivity index (χ2v) is 9.14. The molecule has 0 spiro atoms. The number of ether oxygens (including phenoxy) is 1. The Bertz CT molecular complexity index is 1020. The molecule has 0 aliphatic rings. The first kappa shape index (κ1) is 17.5. The average Bonchev–Trinajstić information content (AvgIpc) is 2.91. The van der Waals surface area contributed by atoms with E-state index in [4.69, 9.17) is 4.74 Å². The molecule has 0 radical (unpaired) electrons. The molecule has 5 heteroatoms. The van der Waals surface area contributed by atoms with E-state index in [1.54, 1.807) is 36.9 Å². The molecule has 0 aliphatic carbocycles. The van der Waals surface area contributed by atoms with Gasteiger partial charge in [-0.05, 0) is 47.4 Å². The lowest BCUT2D eigenvalue weighted by Gasteiger charge is -2.19. The maximum Gasteiger partial charge on any atom is 0.222 e. The van der Waals surface area contributed by atoms with Gasteiger partial charge in [0, 0.05) is 18.0 Å². The van der Waals surface area contributed by atoms with E-state index in [0.717, 1.165) is 16.5 Å². The molecule has 132 valence electrons. The molecule has 3 aromatic rings. The van der Waals surface area contributed by atoms with Gasteiger partial charge in [0.15, 0.2) is 0 Å². The maximum absolute atomic E-state index is 13.1. The number of hydrogen-bond acceptors (Lipinski definition) is 3. The van der Waals surface area contributed by atoms with Gasteiger partial charge in [-0.15, -0.1) is 0 Å². The van der Waals surface area contributed by atoms with Crippen molar-refractivity contribution in [2.45, 2.75) is 36.1 Å². The summed E-state index contributed by atoms with van der Waals surface area (Å²) in [6.07, 6.45) is 0. The third-order valence-electron chi connectivity index (χ3n) is 4.51. The zero-order valence-corrected chi connectivity index (χ0v) is 16.0. The van der Waals surface area contributed by atoms with E-state index < -0.39 is 9.84 Å². The predicted molar refractivity (Wildman–Crippen MR) is 100 cm³/mol. The highest BCUT2D eigenvalue weighted by atomic mass is 32.2. The van der Waals surface area contributed by atoms with Crippen molar-refractivity contribution in [2.24, 2.45) is 7.05 Å². The fraction of sp³-hybridized carbons (Fsp3) is 0.300. The van der Waals surface area contributed by atoms with Gasteiger partial charge in [0.25, 0.3) is 0 Å². The topological polar surface area (TPSA) is 48.3 Å². The summed E-state index contributed by atoms with van der Waals surface area (Å²) in [6, 6.07) is 14.4. The number of benzene rings is 2. The summed E-state index contributed by atoms with van der Waals surface area (Å²) in [6.45, 7) is 6.31. The third-order valence-corrected chi connectivity index (χ3v) is 6.35. The Labute approximate surface area is 149 Å². The number of sulfone groups is 1. The predicted octanol–water partition coefficient (Wildman–Crippen LogP) is 4.32. The lowest BCUT2D eigenvalue weighted by atomic mass is 9.87. The summed E-state index contributed by atoms with van der Waals surface area (Å²) in [5.41, 5.74) is 1.94. The SMILES string of the molecule is COc1ccc2c(c1)cc(S(=O)(=O)c1ccc(C(C)(C)C)cc1)n2C. The third kappa shape index (κ3) is 3.04. The van der Waals surface area contributed by atoms with E-state index in [2.05, 4.69) is 20.8 Å². The molecule has 0 N–H and O–H groups in total. The van der Waals surface area contributed by atoms with Gasteiger partial charge in [-0.1, -0.05) is 32.9 Å². The van der Waals surface area contributed by atoms with Crippen LogP contribution >= 0.6 is 0 Å². The quantitative estimate of drug-likeness (QED) is 0.701. The van der Waals surface area contributed by atoms with Crippen LogP contribution in [0.4, 0.5) is 0 Å². The first-order chi connectivity index (χ1) is 11.6. The van der Waals surface area contributed by atoms with E-state index in [0.29, 0.717) is 10.6 Å². The minimum Gasteiger partial charge on any atom is -0.497 e. The van der Waals surface area contributed by atoms with Gasteiger partial charge in [0.1, 0.15) is 10.8 Å². The van der Waals surface area contributed by atoms with Crippen LogP contribution in [0.5, 0.6) is 5.75 Å². The Kier molecular flexibility index (Phi) is 4.15. The molecule has 2 aromatic carbocycles. The van der Waals surface area contributed by atoms with Crippen LogP contribution in [-0.2, 0) is 22.3 Å². The monoisotopic (exact) mass is 357 g/mol. The number of methoxy groups -OCH3 is 1. The summed E-state index contributed by atoms with van der Waals surface area (Å²) < 4.78 is 33.1. The molecule has 0 unspecified atom stereocenters. The average molecular weight is 357 g/mol. The van der Waals surface area contributed by atoms with E-state index >= 15 is 0 Å². The molecular weight excluding hydrogens is 334 g/mol. The minimum atomic E-state index is -3.59. The van der Waals surface area contributed by atoms with Crippen LogP contribution in [0, 0.1) is 0 Å². The highest BCUT2D eigenvalue weighted by Crippen LogP contribution is 2.30. The van der Waals surface area contributed by atoms with Gasteiger partial charge in [0.05, 0.1) is 12.0 Å². The molecule has 1 heterocycles. The van der Waals surface area contributed by atoms with Crippen molar-refractivity contribution in [2.75, 3.05) is 7.11 Å². The van der Waals surface area contributed by atoms with Crippen LogP contribution in [0.1, 0.15) is 26.3 Å². The fourth-order valence-corrected chi connectivity index (χ4v) is 4.42. The molecule has 0 bridgehead atoms. The Hall–Kier alpha value is -2.27. The Morgan fingerprint density at radius 2 is 1.60 bits per heavy atom. The number of rotatable bonds is 3. The maximum atomic E-state index is 13.1. The lowest BCUT2D eigenvalue weighted by molar-refractivity contribution is 0.415. The molecule has 0 saturated heterocycles. The summed E-state index contributed by atoms with van der Waals surface area (Å²) in [5, 5.41) is 1.12. The van der Waals surface area contributed by atoms with Crippen molar-refractivity contribution in [3.8, 4) is 5.75 Å². The summed E-state index contributed by atoms with van der Waals surface area (Å²) in [4.78, 5) is 0.304. The van der Waals surface area contributed by atoms with Crippen LogP contribution in [-0.4, -0.2) is 20.1 Å². The molecular formula is C20H23NO3S. The Balaban J connectivity index is 2.11. The second kappa shape index (κ2) is 5.92. The van der Waals surface area contributed by atoms with Gasteiger partial charge in [0.2, 0.25) is 9.84 Å². The molecule has 3 rings (SSSR count). The molecule has 0 fully saturated rings. The van der Waals surface area contributed by atoms with Crippen molar-refractivity contribution in [1.82, 2.24) is 4.57 Å². The van der Waals surface area contributed by atoms with Crippen molar-refractivity contribution < 1.29 is 13.2 Å². The van der Waals surface area contributed by atoms with Gasteiger partial charge < -0.3 is 9.30 Å². The smallest absolute Gasteiger partial charge is 0.222 e. The first-order valence-corrected chi connectivity index (χ1v) is 9.62. The zero-order chi connectivity index (χ0) is 18.4. The van der Waals surface area contributed by atoms with Crippen LogP contribution in [0.25, 0.3) is 10.9 Å². The van der Waals surface area contributed by atoms with E-state index in [-0.39, 0.29) is 10.4 Å². The number of hydrogen-bond donors (Lipinski definition) is 0. The highest BCUT2D eigenvalue weighted by Gasteiger charge is 2.23. The van der Waals surface area contributed by atoms with Gasteiger partial charge in [-0.2, -0.15) is 0 Å². The minimum absolute atomic E-state index is 0.0154. The van der Waals surface area contributed by atoms with Crippen molar-refractivity contribution >= 4 is 20.7 Å². The molecule has 0 aliphatic heterocycles. The number of nitrogens with zero attached hydrogens (tertiary/aromatic N) is 1. The molecule has 4 nitrogen and oxygen atoms in total. The van der Waals surface area contributed by atoms with Crippen LogP contribution < -0.4 is 4.74 Å². The Morgan fingerprint density at radius 1 is 0.960 bits per heavy atom. The molecule has 0 amide bonds. The van der Waals surface area contributed by atoms with Crippen LogP contribution in [0.2, 0.25) is 0 Å². The van der Waals surface area contributed by atoms with E-state index in [1.807, 2.05) is 30.3 Å². The fourth-order valence-electron chi connectivity index (χ4n) is 2.94. The van der Waals surface area contributed by atoms with Gasteiger partial charge in [-0.25, -0.2) is 8.42 Å². The lowest BCUT2D eigenvalue weighted by Crippen LogP contribution is -2.12. The molecule has 0 saturated carbocycles. The molecule has 1 aromatic heterocycles. The van der Waals surface area contributed by atoms with E-state index in [9.17, 15) is 8.42 Å². The van der Waals surface area contributed by atoms with Crippen molar-refractivity contribution in [3.05, 3.63) is 54.1 Å². The van der Waals surface area contributed by atoms with Gasteiger partial charge in [-0.3, -0.25) is 0 Å². The van der Waals surface area contributed by atoms with Crippen LogP contribution in [0.3, 0.4) is 0 Å². The molecule has 0 atom stereocenters. The summed E-state index contributed by atoms with van der Waals surface area (Å²) >= 11 is 0. The van der Waals surface area contributed by atoms with Crippen molar-refractivity contribution in [3.63, 3.8) is 0 Å². The standard InChI is InChI=1S/C20H23NO3S/c1-20(2,3)15-6-9-17(10-7-15)25(22,23)19-13-14-12-16(24-5)8-11-18(14)21(19)4/h6-13H,1-5H3. The molecule has 25 heavy (non-hydrogen) atoms. The number of aromatic nitrogens is 1. The highest BCUT2D eigenvalue weighted by molar-refractivity contribution is 7.91. The zero-order valence-electron chi connectivity index (χ0n) is 15.2. The van der Waals surface area contributed by atoms with Crippen LogP contribution in [0.15, 0.2) is 58.5 Å².